The van der Waals surface area contributed by atoms with E-state index in [0.717, 1.165) is 19.6 Å². The number of rotatable bonds is 8. The summed E-state index contributed by atoms with van der Waals surface area (Å²) in [6.07, 6.45) is 2.40. The van der Waals surface area contributed by atoms with Gasteiger partial charge in [-0.05, 0) is 38.9 Å². The Morgan fingerprint density at radius 1 is 1.17 bits per heavy atom. The smallest absolute Gasteiger partial charge is 0.0234 e. The molecule has 1 N–H and O–H groups in total. The van der Waals surface area contributed by atoms with E-state index in [2.05, 4.69) is 62.3 Å². The van der Waals surface area contributed by atoms with Crippen LogP contribution in [0, 0.1) is 6.92 Å². The highest BCUT2D eigenvalue weighted by Gasteiger charge is 2.12. The van der Waals surface area contributed by atoms with E-state index in [9.17, 15) is 0 Å². The molecule has 1 aromatic rings. The van der Waals surface area contributed by atoms with Crippen molar-refractivity contribution in [2.45, 2.75) is 46.2 Å². The number of nitrogens with one attached hydrogen (secondary N) is 1. The van der Waals surface area contributed by atoms with Crippen molar-refractivity contribution in [1.82, 2.24) is 10.2 Å². The molecule has 1 unspecified atom stereocenters. The van der Waals surface area contributed by atoms with Crippen molar-refractivity contribution in [1.29, 1.82) is 0 Å². The third-order valence-corrected chi connectivity index (χ3v) is 3.45. The Balaban J connectivity index is 2.45. The molecule has 0 heterocycles. The number of hydrogen-bond acceptors (Lipinski definition) is 2. The lowest BCUT2D eigenvalue weighted by atomic mass is 10.1. The van der Waals surface area contributed by atoms with E-state index < -0.39 is 0 Å². The molecule has 0 radical (unpaired) electrons. The normalized spacial score (nSPS) is 12.9. The molecule has 0 spiro atoms. The highest BCUT2D eigenvalue weighted by Crippen LogP contribution is 2.09. The first-order chi connectivity index (χ1) is 8.67. The highest BCUT2D eigenvalue weighted by atomic mass is 15.1. The predicted octanol–water partition coefficient (Wildman–Crippen LogP) is 3.21. The molecular formula is C16H28N2. The molecule has 1 rings (SSSR count). The molecule has 0 bridgehead atoms. The van der Waals surface area contributed by atoms with E-state index in [-0.39, 0.29) is 0 Å². The quantitative estimate of drug-likeness (QED) is 0.711. The van der Waals surface area contributed by atoms with Crippen molar-refractivity contribution in [2.75, 3.05) is 20.1 Å². The molecule has 2 heteroatoms. The van der Waals surface area contributed by atoms with Crippen molar-refractivity contribution >= 4 is 0 Å². The summed E-state index contributed by atoms with van der Waals surface area (Å²) in [5, 5.41) is 3.52. The Bertz CT molecular complexity index is 318. The van der Waals surface area contributed by atoms with E-state index in [1.165, 1.54) is 24.0 Å². The second-order valence-electron chi connectivity index (χ2n) is 5.17. The van der Waals surface area contributed by atoms with Crippen molar-refractivity contribution in [2.24, 2.45) is 0 Å². The van der Waals surface area contributed by atoms with Crippen LogP contribution in [0.4, 0.5) is 0 Å². The molecule has 0 saturated carbocycles. The van der Waals surface area contributed by atoms with Crippen molar-refractivity contribution in [3.05, 3.63) is 35.4 Å². The van der Waals surface area contributed by atoms with Gasteiger partial charge in [-0.25, -0.2) is 0 Å². The molecule has 0 aliphatic heterocycles. The maximum atomic E-state index is 3.52. The average Bonchev–Trinajstić information content (AvgIpc) is 2.37. The van der Waals surface area contributed by atoms with Crippen LogP contribution >= 0.6 is 0 Å². The lowest BCUT2D eigenvalue weighted by Crippen LogP contribution is -2.39. The van der Waals surface area contributed by atoms with Gasteiger partial charge in [-0.15, -0.1) is 0 Å². The molecule has 0 aliphatic carbocycles. The maximum Gasteiger partial charge on any atom is 0.0234 e. The third kappa shape index (κ3) is 5.19. The topological polar surface area (TPSA) is 15.3 Å². The summed E-state index contributed by atoms with van der Waals surface area (Å²) in [4.78, 5) is 2.45. The minimum atomic E-state index is 0.623. The summed E-state index contributed by atoms with van der Waals surface area (Å²) in [5.41, 5.74) is 2.73. The number of benzene rings is 1. The van der Waals surface area contributed by atoms with Gasteiger partial charge in [0, 0.05) is 19.1 Å². The van der Waals surface area contributed by atoms with Gasteiger partial charge in [0.2, 0.25) is 0 Å². The van der Waals surface area contributed by atoms with Crippen LogP contribution in [-0.4, -0.2) is 31.1 Å². The van der Waals surface area contributed by atoms with E-state index in [1.807, 2.05) is 0 Å². The van der Waals surface area contributed by atoms with E-state index in [1.54, 1.807) is 0 Å². The van der Waals surface area contributed by atoms with Crippen molar-refractivity contribution < 1.29 is 0 Å². The van der Waals surface area contributed by atoms with Crippen LogP contribution in [0.2, 0.25) is 0 Å². The van der Waals surface area contributed by atoms with Crippen molar-refractivity contribution in [3.8, 4) is 0 Å². The summed E-state index contributed by atoms with van der Waals surface area (Å²) in [5.74, 6) is 0. The Morgan fingerprint density at radius 2 is 1.83 bits per heavy atom. The highest BCUT2D eigenvalue weighted by molar-refractivity contribution is 5.21. The Kier molecular flexibility index (Phi) is 6.99. The SMILES string of the molecule is CCCNCC(CC)N(C)Cc1ccc(C)cc1. The fourth-order valence-electron chi connectivity index (χ4n) is 2.17. The van der Waals surface area contributed by atoms with Gasteiger partial charge >= 0.3 is 0 Å². The monoisotopic (exact) mass is 248 g/mol. The summed E-state index contributed by atoms with van der Waals surface area (Å²) in [6, 6.07) is 9.48. The first-order valence-corrected chi connectivity index (χ1v) is 7.13. The second kappa shape index (κ2) is 8.28. The van der Waals surface area contributed by atoms with Crippen LogP contribution < -0.4 is 5.32 Å². The molecule has 0 aromatic heterocycles. The predicted molar refractivity (Wildman–Crippen MR) is 79.9 cm³/mol. The number of likely N-dealkylation sites (N-methyl/N-ethyl adjacent to an activating group) is 1. The van der Waals surface area contributed by atoms with Crippen LogP contribution in [0.3, 0.4) is 0 Å². The van der Waals surface area contributed by atoms with E-state index in [4.69, 9.17) is 0 Å². The lowest BCUT2D eigenvalue weighted by Gasteiger charge is -2.27. The minimum absolute atomic E-state index is 0.623. The summed E-state index contributed by atoms with van der Waals surface area (Å²) >= 11 is 0. The van der Waals surface area contributed by atoms with Gasteiger partial charge in [0.05, 0.1) is 0 Å². The first kappa shape index (κ1) is 15.2. The average molecular weight is 248 g/mol. The zero-order valence-electron chi connectivity index (χ0n) is 12.4. The zero-order chi connectivity index (χ0) is 13.4. The minimum Gasteiger partial charge on any atom is -0.315 e. The van der Waals surface area contributed by atoms with Gasteiger partial charge in [-0.1, -0.05) is 43.7 Å². The van der Waals surface area contributed by atoms with E-state index >= 15 is 0 Å². The Morgan fingerprint density at radius 3 is 2.39 bits per heavy atom. The molecule has 18 heavy (non-hydrogen) atoms. The summed E-state index contributed by atoms with van der Waals surface area (Å²) in [7, 11) is 2.22. The molecular weight excluding hydrogens is 220 g/mol. The van der Waals surface area contributed by atoms with Crippen molar-refractivity contribution in [3.63, 3.8) is 0 Å². The fraction of sp³-hybridized carbons (Fsp3) is 0.625. The Labute approximate surface area is 112 Å². The molecule has 0 fully saturated rings. The second-order valence-corrected chi connectivity index (χ2v) is 5.17. The number of hydrogen-bond donors (Lipinski definition) is 1. The first-order valence-electron chi connectivity index (χ1n) is 7.13. The summed E-state index contributed by atoms with van der Waals surface area (Å²) < 4.78 is 0. The molecule has 0 amide bonds. The third-order valence-electron chi connectivity index (χ3n) is 3.45. The molecule has 0 aliphatic rings. The van der Waals surface area contributed by atoms with Gasteiger partial charge in [0.15, 0.2) is 0 Å². The maximum absolute atomic E-state index is 3.52. The largest absolute Gasteiger partial charge is 0.315 e. The van der Waals surface area contributed by atoms with Crippen LogP contribution in [-0.2, 0) is 6.54 Å². The number of aryl methyl sites for hydroxylation is 1. The summed E-state index contributed by atoms with van der Waals surface area (Å²) in [6.45, 7) is 9.86. The van der Waals surface area contributed by atoms with Gasteiger partial charge in [-0.3, -0.25) is 4.90 Å². The van der Waals surface area contributed by atoms with Crippen LogP contribution in [0.1, 0.15) is 37.8 Å². The molecule has 1 aromatic carbocycles. The van der Waals surface area contributed by atoms with Gasteiger partial charge in [-0.2, -0.15) is 0 Å². The van der Waals surface area contributed by atoms with Crippen LogP contribution in [0.5, 0.6) is 0 Å². The van der Waals surface area contributed by atoms with Gasteiger partial charge < -0.3 is 5.32 Å². The standard InChI is InChI=1S/C16H28N2/c1-5-11-17-12-16(6-2)18(4)13-15-9-7-14(3)8-10-15/h7-10,16-17H,5-6,11-13H2,1-4H3. The van der Waals surface area contributed by atoms with E-state index in [0.29, 0.717) is 6.04 Å². The van der Waals surface area contributed by atoms with Gasteiger partial charge in [0.1, 0.15) is 0 Å². The van der Waals surface area contributed by atoms with Gasteiger partial charge in [0.25, 0.3) is 0 Å². The molecule has 2 nitrogen and oxygen atoms in total. The fourth-order valence-corrected chi connectivity index (χ4v) is 2.17. The van der Waals surface area contributed by atoms with Crippen LogP contribution in [0.15, 0.2) is 24.3 Å². The van der Waals surface area contributed by atoms with Crippen LogP contribution in [0.25, 0.3) is 0 Å². The zero-order valence-corrected chi connectivity index (χ0v) is 12.4. The number of nitrogens with zero attached hydrogens (tertiary/aromatic N) is 1. The molecule has 0 saturated heterocycles. The Hall–Kier alpha value is -0.860. The molecule has 102 valence electrons. The molecule has 1 atom stereocenters. The lowest BCUT2D eigenvalue weighted by molar-refractivity contribution is 0.221.